The van der Waals surface area contributed by atoms with Crippen LogP contribution in [-0.2, 0) is 21.4 Å². The van der Waals surface area contributed by atoms with Crippen molar-refractivity contribution in [1.29, 1.82) is 0 Å². The Labute approximate surface area is 150 Å². The highest BCUT2D eigenvalue weighted by Crippen LogP contribution is 2.55. The molecule has 0 bridgehead atoms. The Balaban J connectivity index is 1.63. The van der Waals surface area contributed by atoms with Gasteiger partial charge in [0.05, 0.1) is 12.0 Å². The van der Waals surface area contributed by atoms with Crippen molar-refractivity contribution in [2.75, 3.05) is 26.7 Å². The largest absolute Gasteiger partial charge is 0.465 e. The van der Waals surface area contributed by atoms with Crippen LogP contribution in [0.3, 0.4) is 0 Å². The molecule has 0 saturated heterocycles. The summed E-state index contributed by atoms with van der Waals surface area (Å²) in [6.45, 7) is 4.22. The lowest BCUT2D eigenvalue weighted by atomic mass is 9.93. The number of rotatable bonds is 8. The smallest absolute Gasteiger partial charge is 0.316 e. The molecule has 2 aromatic rings. The Kier molecular flexibility index (Phi) is 5.54. The van der Waals surface area contributed by atoms with Crippen LogP contribution in [0.4, 0.5) is 0 Å². The molecule has 0 amide bonds. The summed E-state index contributed by atoms with van der Waals surface area (Å²) in [7, 11) is 2.14. The van der Waals surface area contributed by atoms with Crippen LogP contribution in [0.1, 0.15) is 24.5 Å². The van der Waals surface area contributed by atoms with Crippen LogP contribution < -0.4 is 0 Å². The van der Waals surface area contributed by atoms with Crippen molar-refractivity contribution in [2.24, 2.45) is 5.92 Å². The Hall–Kier alpha value is -2.13. The summed E-state index contributed by atoms with van der Waals surface area (Å²) >= 11 is 0. The van der Waals surface area contributed by atoms with Crippen molar-refractivity contribution >= 4 is 5.97 Å². The van der Waals surface area contributed by atoms with Crippen LogP contribution in [0.25, 0.3) is 0 Å². The van der Waals surface area contributed by atoms with Crippen molar-refractivity contribution in [3.63, 3.8) is 0 Å². The second kappa shape index (κ2) is 7.83. The lowest BCUT2D eigenvalue weighted by Gasteiger charge is -2.21. The summed E-state index contributed by atoms with van der Waals surface area (Å²) in [5.74, 6) is 0.261. The summed E-state index contributed by atoms with van der Waals surface area (Å²) in [6, 6.07) is 20.7. The molecule has 3 heteroatoms. The van der Waals surface area contributed by atoms with Gasteiger partial charge >= 0.3 is 5.97 Å². The Morgan fingerprint density at radius 1 is 1.12 bits per heavy atom. The van der Waals surface area contributed by atoms with E-state index >= 15 is 0 Å². The van der Waals surface area contributed by atoms with Crippen LogP contribution in [0, 0.1) is 5.92 Å². The van der Waals surface area contributed by atoms with Gasteiger partial charge in [-0.1, -0.05) is 60.7 Å². The molecule has 0 unspecified atom stereocenters. The number of carbonyl (C=O) groups excluding carboxylic acids is 1. The number of hydrogen-bond donors (Lipinski definition) is 0. The lowest BCUT2D eigenvalue weighted by molar-refractivity contribution is -0.146. The first kappa shape index (κ1) is 17.7. The fraction of sp³-hybridized carbons (Fsp3) is 0.409. The van der Waals surface area contributed by atoms with E-state index in [1.807, 2.05) is 31.2 Å². The first-order chi connectivity index (χ1) is 12.2. The van der Waals surface area contributed by atoms with E-state index in [-0.39, 0.29) is 5.97 Å². The maximum Gasteiger partial charge on any atom is 0.316 e. The van der Waals surface area contributed by atoms with Crippen molar-refractivity contribution < 1.29 is 9.53 Å². The fourth-order valence-corrected chi connectivity index (χ4v) is 3.70. The molecule has 1 fully saturated rings. The molecule has 0 spiro atoms. The highest BCUT2D eigenvalue weighted by Gasteiger charge is 2.62. The highest BCUT2D eigenvalue weighted by molar-refractivity contribution is 5.87. The average molecular weight is 337 g/mol. The van der Waals surface area contributed by atoms with Crippen molar-refractivity contribution in [3.8, 4) is 0 Å². The van der Waals surface area contributed by atoms with E-state index in [4.69, 9.17) is 4.74 Å². The van der Waals surface area contributed by atoms with E-state index in [9.17, 15) is 4.79 Å². The van der Waals surface area contributed by atoms with Gasteiger partial charge in [0.2, 0.25) is 0 Å². The molecule has 1 aliphatic rings. The third kappa shape index (κ3) is 3.93. The monoisotopic (exact) mass is 337 g/mol. The van der Waals surface area contributed by atoms with Gasteiger partial charge < -0.3 is 9.64 Å². The third-order valence-electron chi connectivity index (χ3n) is 5.19. The number of benzene rings is 2. The quantitative estimate of drug-likeness (QED) is 0.688. The maximum absolute atomic E-state index is 12.7. The number of nitrogens with zero attached hydrogens (tertiary/aromatic N) is 1. The summed E-state index contributed by atoms with van der Waals surface area (Å²) in [5.41, 5.74) is 2.00. The van der Waals surface area contributed by atoms with Gasteiger partial charge in [-0.15, -0.1) is 0 Å². The molecule has 132 valence electrons. The molecule has 1 aliphatic carbocycles. The molecular weight excluding hydrogens is 310 g/mol. The summed E-state index contributed by atoms with van der Waals surface area (Å²) in [6.07, 6.45) is 1.91. The van der Waals surface area contributed by atoms with Crippen LogP contribution in [-0.4, -0.2) is 37.6 Å². The molecule has 0 aliphatic heterocycles. The SMILES string of the molecule is CCOC(=O)[C@]1(c2ccccc2)C[C@@H]1CN(C)CCc1ccccc1. The molecule has 0 N–H and O–H groups in total. The molecule has 2 aromatic carbocycles. The van der Waals surface area contributed by atoms with E-state index in [1.165, 1.54) is 5.56 Å². The van der Waals surface area contributed by atoms with E-state index in [0.717, 1.165) is 31.5 Å². The molecule has 3 nitrogen and oxygen atoms in total. The summed E-state index contributed by atoms with van der Waals surface area (Å²) in [4.78, 5) is 15.0. The minimum absolute atomic E-state index is 0.0670. The zero-order valence-electron chi connectivity index (χ0n) is 15.2. The van der Waals surface area contributed by atoms with E-state index in [2.05, 4.69) is 48.3 Å². The average Bonchev–Trinajstić information content (AvgIpc) is 3.37. The van der Waals surface area contributed by atoms with Gasteiger partial charge in [0.1, 0.15) is 0 Å². The zero-order chi connectivity index (χ0) is 17.7. The molecule has 3 rings (SSSR count). The molecule has 0 aromatic heterocycles. The van der Waals surface area contributed by atoms with Gasteiger partial charge in [0, 0.05) is 13.1 Å². The molecule has 25 heavy (non-hydrogen) atoms. The van der Waals surface area contributed by atoms with Gasteiger partial charge in [-0.05, 0) is 43.9 Å². The van der Waals surface area contributed by atoms with Crippen molar-refractivity contribution in [3.05, 3.63) is 71.8 Å². The van der Waals surface area contributed by atoms with Crippen LogP contribution in [0.2, 0.25) is 0 Å². The minimum atomic E-state index is -0.446. The fourth-order valence-electron chi connectivity index (χ4n) is 3.70. The first-order valence-corrected chi connectivity index (χ1v) is 9.12. The maximum atomic E-state index is 12.7. The first-order valence-electron chi connectivity index (χ1n) is 9.12. The molecule has 1 saturated carbocycles. The van der Waals surface area contributed by atoms with Crippen LogP contribution >= 0.6 is 0 Å². The summed E-state index contributed by atoms with van der Waals surface area (Å²) in [5, 5.41) is 0. The van der Waals surface area contributed by atoms with E-state index in [1.54, 1.807) is 0 Å². The molecule has 0 heterocycles. The Morgan fingerprint density at radius 3 is 2.40 bits per heavy atom. The van der Waals surface area contributed by atoms with E-state index in [0.29, 0.717) is 12.5 Å². The Morgan fingerprint density at radius 2 is 1.76 bits per heavy atom. The normalized spacial score (nSPS) is 22.0. The minimum Gasteiger partial charge on any atom is -0.465 e. The number of carbonyl (C=O) groups is 1. The number of likely N-dealkylation sites (N-methyl/N-ethyl adjacent to an activating group) is 1. The van der Waals surface area contributed by atoms with Gasteiger partial charge in [-0.25, -0.2) is 0 Å². The van der Waals surface area contributed by atoms with E-state index < -0.39 is 5.41 Å². The topological polar surface area (TPSA) is 29.5 Å². The van der Waals surface area contributed by atoms with Gasteiger partial charge in [-0.3, -0.25) is 4.79 Å². The predicted molar refractivity (Wildman–Crippen MR) is 101 cm³/mol. The van der Waals surface area contributed by atoms with Gasteiger partial charge in [0.15, 0.2) is 0 Å². The molecule has 2 atom stereocenters. The van der Waals surface area contributed by atoms with Crippen LogP contribution in [0.5, 0.6) is 0 Å². The predicted octanol–water partition coefficient (Wildman–Crippen LogP) is 3.68. The second-order valence-corrected chi connectivity index (χ2v) is 6.96. The zero-order valence-corrected chi connectivity index (χ0v) is 15.2. The Bertz CT molecular complexity index is 686. The second-order valence-electron chi connectivity index (χ2n) is 6.96. The van der Waals surface area contributed by atoms with Gasteiger partial charge in [-0.2, -0.15) is 0 Å². The van der Waals surface area contributed by atoms with Gasteiger partial charge in [0.25, 0.3) is 0 Å². The van der Waals surface area contributed by atoms with Crippen LogP contribution in [0.15, 0.2) is 60.7 Å². The number of hydrogen-bond acceptors (Lipinski definition) is 3. The summed E-state index contributed by atoms with van der Waals surface area (Å²) < 4.78 is 5.41. The third-order valence-corrected chi connectivity index (χ3v) is 5.19. The lowest BCUT2D eigenvalue weighted by Crippen LogP contribution is -2.31. The molecule has 0 radical (unpaired) electrons. The van der Waals surface area contributed by atoms with Crippen molar-refractivity contribution in [1.82, 2.24) is 4.90 Å². The standard InChI is InChI=1S/C22H27NO2/c1-3-25-21(24)22(19-12-8-5-9-13-19)16-20(22)17-23(2)15-14-18-10-6-4-7-11-18/h4-13,20H,3,14-17H2,1-2H3/t20-,22+/m1/s1. The number of esters is 1. The molecular formula is C22H27NO2. The highest BCUT2D eigenvalue weighted by atomic mass is 16.5. The van der Waals surface area contributed by atoms with Crippen molar-refractivity contribution in [2.45, 2.75) is 25.2 Å². The number of ether oxygens (including phenoxy) is 1.